The van der Waals surface area contributed by atoms with Gasteiger partial charge in [-0.25, -0.2) is 0 Å². The van der Waals surface area contributed by atoms with Crippen LogP contribution in [0.3, 0.4) is 0 Å². The topological polar surface area (TPSA) is 113 Å². The third-order valence-corrected chi connectivity index (χ3v) is 8.36. The lowest BCUT2D eigenvalue weighted by atomic mass is 10.0. The van der Waals surface area contributed by atoms with Crippen molar-refractivity contribution in [3.05, 3.63) is 83.7 Å². The van der Waals surface area contributed by atoms with Gasteiger partial charge in [-0.2, -0.15) is 0 Å². The third-order valence-electron chi connectivity index (χ3n) is 8.36. The highest BCUT2D eigenvalue weighted by molar-refractivity contribution is 6.05. The maximum Gasteiger partial charge on any atom is 0.258 e. The van der Waals surface area contributed by atoms with E-state index < -0.39 is 6.04 Å². The lowest BCUT2D eigenvalue weighted by Crippen LogP contribution is -2.47. The van der Waals surface area contributed by atoms with E-state index in [0.29, 0.717) is 42.3 Å². The van der Waals surface area contributed by atoms with Crippen molar-refractivity contribution < 1.29 is 28.9 Å². The highest BCUT2D eigenvalue weighted by Crippen LogP contribution is 2.29. The summed E-state index contributed by atoms with van der Waals surface area (Å²) in [7, 11) is 3.73. The number of amides is 2. The SMILES string of the molecule is COc1ccc(CN(C)C[C@@H]2OCCCC[C@@H](C)Oc3ccc(NC(=O)c4ccncc4)cc3C(=O)N([C@@H](C)CO)C[C@@H]2C)cc1. The summed E-state index contributed by atoms with van der Waals surface area (Å²) in [4.78, 5) is 35.1. The van der Waals surface area contributed by atoms with E-state index in [1.807, 2.05) is 26.0 Å². The van der Waals surface area contributed by atoms with Crippen LogP contribution in [0.1, 0.15) is 66.3 Å². The van der Waals surface area contributed by atoms with Crippen LogP contribution < -0.4 is 14.8 Å². The van der Waals surface area contributed by atoms with Gasteiger partial charge in [-0.1, -0.05) is 19.1 Å². The van der Waals surface area contributed by atoms with Crippen LogP contribution in [0.25, 0.3) is 0 Å². The van der Waals surface area contributed by atoms with Crippen LogP contribution >= 0.6 is 0 Å². The second-order valence-electron chi connectivity index (χ2n) is 12.2. The molecule has 0 aliphatic carbocycles. The van der Waals surface area contributed by atoms with Gasteiger partial charge < -0.3 is 29.5 Å². The zero-order chi connectivity index (χ0) is 33.1. The number of rotatable bonds is 9. The van der Waals surface area contributed by atoms with Gasteiger partial charge in [0.05, 0.1) is 37.5 Å². The molecule has 248 valence electrons. The standard InChI is InChI=1S/C36H48N4O6/c1-25-21-40(26(2)24-41)36(43)32-20-30(38-35(42)29-15-17-37-18-16-29)11-14-33(32)46-27(3)8-6-7-19-45-34(25)23-39(4)22-28-9-12-31(44-5)13-10-28/h9-18,20,25-27,34,41H,6-8,19,21-24H2,1-5H3,(H,38,42)/t25-,26-,27+,34-/m0/s1. The number of anilines is 1. The Morgan fingerprint density at radius 3 is 2.57 bits per heavy atom. The monoisotopic (exact) mass is 632 g/mol. The molecular weight excluding hydrogens is 584 g/mol. The molecule has 2 heterocycles. The molecule has 4 rings (SSSR count). The molecule has 2 N–H and O–H groups in total. The van der Waals surface area contributed by atoms with Crippen molar-refractivity contribution in [2.24, 2.45) is 5.92 Å². The number of likely N-dealkylation sites (N-methyl/N-ethyl adjacent to an activating group) is 1. The normalized spacial score (nSPS) is 20.3. The van der Waals surface area contributed by atoms with Gasteiger partial charge in [-0.3, -0.25) is 19.5 Å². The van der Waals surface area contributed by atoms with Gasteiger partial charge in [0.1, 0.15) is 11.5 Å². The largest absolute Gasteiger partial charge is 0.497 e. The average Bonchev–Trinajstić information content (AvgIpc) is 3.06. The van der Waals surface area contributed by atoms with Gasteiger partial charge in [0.25, 0.3) is 11.8 Å². The summed E-state index contributed by atoms with van der Waals surface area (Å²) in [6.45, 7) is 8.10. The van der Waals surface area contributed by atoms with Crippen LogP contribution in [-0.2, 0) is 11.3 Å². The Bertz CT molecular complexity index is 1400. The number of carbonyl (C=O) groups is 2. The summed E-state index contributed by atoms with van der Waals surface area (Å²) in [5, 5.41) is 13.1. The number of aliphatic hydroxyl groups excluding tert-OH is 1. The fourth-order valence-electron chi connectivity index (χ4n) is 5.58. The number of benzene rings is 2. The highest BCUT2D eigenvalue weighted by atomic mass is 16.5. The number of ether oxygens (including phenoxy) is 3. The van der Waals surface area contributed by atoms with E-state index in [0.717, 1.165) is 31.6 Å². The van der Waals surface area contributed by atoms with Crippen molar-refractivity contribution in [2.75, 3.05) is 45.8 Å². The predicted molar refractivity (Wildman–Crippen MR) is 178 cm³/mol. The van der Waals surface area contributed by atoms with Crippen LogP contribution in [0.2, 0.25) is 0 Å². The van der Waals surface area contributed by atoms with Crippen LogP contribution in [0.5, 0.6) is 11.5 Å². The van der Waals surface area contributed by atoms with Crippen molar-refractivity contribution in [3.63, 3.8) is 0 Å². The molecule has 0 radical (unpaired) electrons. The fraction of sp³-hybridized carbons (Fsp3) is 0.472. The van der Waals surface area contributed by atoms with Crippen molar-refractivity contribution in [3.8, 4) is 11.5 Å². The molecule has 0 saturated carbocycles. The molecule has 1 aromatic heterocycles. The molecule has 3 aromatic rings. The van der Waals surface area contributed by atoms with E-state index in [-0.39, 0.29) is 36.5 Å². The molecule has 0 fully saturated rings. The van der Waals surface area contributed by atoms with Crippen molar-refractivity contribution in [1.29, 1.82) is 0 Å². The summed E-state index contributed by atoms with van der Waals surface area (Å²) in [6.07, 6.45) is 5.43. The van der Waals surface area contributed by atoms with Crippen LogP contribution in [-0.4, -0.2) is 90.4 Å². The fourth-order valence-corrected chi connectivity index (χ4v) is 5.58. The highest BCUT2D eigenvalue weighted by Gasteiger charge is 2.30. The smallest absolute Gasteiger partial charge is 0.258 e. The molecule has 2 aromatic carbocycles. The molecule has 4 atom stereocenters. The van der Waals surface area contributed by atoms with E-state index in [1.54, 1.807) is 54.7 Å². The minimum absolute atomic E-state index is 0.0444. The first-order valence-electron chi connectivity index (χ1n) is 16.1. The summed E-state index contributed by atoms with van der Waals surface area (Å²) in [6, 6.07) is 16.0. The molecule has 1 aliphatic heterocycles. The lowest BCUT2D eigenvalue weighted by Gasteiger charge is -2.36. The quantitative estimate of drug-likeness (QED) is 0.328. The van der Waals surface area contributed by atoms with Gasteiger partial charge >= 0.3 is 0 Å². The summed E-state index contributed by atoms with van der Waals surface area (Å²) < 4.78 is 18.1. The van der Waals surface area contributed by atoms with E-state index in [9.17, 15) is 14.7 Å². The Morgan fingerprint density at radius 2 is 1.87 bits per heavy atom. The molecule has 2 amide bonds. The minimum Gasteiger partial charge on any atom is -0.497 e. The Kier molecular flexibility index (Phi) is 12.9. The van der Waals surface area contributed by atoms with Crippen molar-refractivity contribution in [2.45, 2.75) is 64.8 Å². The lowest BCUT2D eigenvalue weighted by molar-refractivity contribution is -0.0177. The van der Waals surface area contributed by atoms with Gasteiger partial charge in [0, 0.05) is 55.8 Å². The number of pyridine rings is 1. The summed E-state index contributed by atoms with van der Waals surface area (Å²) in [5.41, 5.74) is 2.42. The first-order chi connectivity index (χ1) is 22.2. The van der Waals surface area contributed by atoms with Crippen LogP contribution in [0.15, 0.2) is 67.0 Å². The van der Waals surface area contributed by atoms with Crippen LogP contribution in [0, 0.1) is 5.92 Å². The number of nitrogens with zero attached hydrogens (tertiary/aromatic N) is 3. The number of aromatic nitrogens is 1. The second-order valence-corrected chi connectivity index (χ2v) is 12.2. The number of fused-ring (bicyclic) bond motifs is 1. The van der Waals surface area contributed by atoms with Gasteiger partial charge in [0.15, 0.2) is 0 Å². The second kappa shape index (κ2) is 17.1. The number of carbonyl (C=O) groups excluding carboxylic acids is 2. The van der Waals surface area contributed by atoms with E-state index in [2.05, 4.69) is 41.3 Å². The molecule has 10 nitrogen and oxygen atoms in total. The Balaban J connectivity index is 1.59. The van der Waals surface area contributed by atoms with E-state index >= 15 is 0 Å². The summed E-state index contributed by atoms with van der Waals surface area (Å²) in [5.74, 6) is 0.640. The average molecular weight is 633 g/mol. The number of hydrogen-bond acceptors (Lipinski definition) is 8. The molecule has 46 heavy (non-hydrogen) atoms. The maximum atomic E-state index is 14.3. The summed E-state index contributed by atoms with van der Waals surface area (Å²) >= 11 is 0. The predicted octanol–water partition coefficient (Wildman–Crippen LogP) is 5.27. The van der Waals surface area contributed by atoms with Crippen molar-refractivity contribution >= 4 is 17.5 Å². The molecular formula is C36H48N4O6. The minimum atomic E-state index is -0.458. The van der Waals surface area contributed by atoms with Gasteiger partial charge in [-0.15, -0.1) is 0 Å². The zero-order valence-corrected chi connectivity index (χ0v) is 27.6. The maximum absolute atomic E-state index is 14.3. The van der Waals surface area contributed by atoms with Gasteiger partial charge in [0.2, 0.25) is 0 Å². The zero-order valence-electron chi connectivity index (χ0n) is 27.6. The number of nitrogens with one attached hydrogen (secondary N) is 1. The Hall–Kier alpha value is -3.99. The number of hydrogen-bond donors (Lipinski definition) is 2. The first kappa shape index (κ1) is 34.9. The molecule has 10 heteroatoms. The van der Waals surface area contributed by atoms with E-state index in [4.69, 9.17) is 14.2 Å². The van der Waals surface area contributed by atoms with E-state index in [1.165, 1.54) is 5.56 Å². The third kappa shape index (κ3) is 9.75. The Labute approximate surface area is 272 Å². The molecule has 1 aliphatic rings. The number of aliphatic hydroxyl groups is 1. The first-order valence-corrected chi connectivity index (χ1v) is 16.1. The molecule has 0 spiro atoms. The molecule has 0 unspecified atom stereocenters. The van der Waals surface area contributed by atoms with Crippen molar-refractivity contribution in [1.82, 2.24) is 14.8 Å². The van der Waals surface area contributed by atoms with Gasteiger partial charge in [-0.05, 0) is 88.2 Å². The Morgan fingerprint density at radius 1 is 1.13 bits per heavy atom. The number of methoxy groups -OCH3 is 1. The van der Waals surface area contributed by atoms with Crippen LogP contribution in [0.4, 0.5) is 5.69 Å². The molecule has 0 bridgehead atoms. The molecule has 0 saturated heterocycles.